The highest BCUT2D eigenvalue weighted by Crippen LogP contribution is 2.28. The molecule has 8 nitrogen and oxygen atoms in total. The van der Waals surface area contributed by atoms with Gasteiger partial charge in [0.1, 0.15) is 16.8 Å². The van der Waals surface area contributed by atoms with Gasteiger partial charge in [0.05, 0.1) is 7.11 Å². The van der Waals surface area contributed by atoms with Gasteiger partial charge in [-0.3, -0.25) is 10.1 Å². The first kappa shape index (κ1) is 24.9. The van der Waals surface area contributed by atoms with Crippen molar-refractivity contribution in [3.05, 3.63) is 89.5 Å². The van der Waals surface area contributed by atoms with Gasteiger partial charge in [0, 0.05) is 17.7 Å². The van der Waals surface area contributed by atoms with Gasteiger partial charge in [-0.15, -0.1) is 10.2 Å². The fraction of sp³-hybridized carbons (Fsp3) is 0.185. The smallest absolute Gasteiger partial charge is 0.319 e. The maximum atomic E-state index is 13.2. The summed E-state index contributed by atoms with van der Waals surface area (Å²) >= 11 is 1.25. The molecular formula is C27H27N5O3S. The van der Waals surface area contributed by atoms with Crippen LogP contribution in [0.3, 0.4) is 0 Å². The molecule has 0 saturated heterocycles. The van der Waals surface area contributed by atoms with Crippen LogP contribution >= 0.6 is 11.3 Å². The number of hydrogen-bond donors (Lipinski definition) is 3. The zero-order valence-electron chi connectivity index (χ0n) is 20.2. The van der Waals surface area contributed by atoms with Crippen molar-refractivity contribution in [2.45, 2.75) is 26.3 Å². The van der Waals surface area contributed by atoms with Crippen LogP contribution in [0.1, 0.15) is 16.7 Å². The van der Waals surface area contributed by atoms with E-state index >= 15 is 0 Å². The highest BCUT2D eigenvalue weighted by Gasteiger charge is 2.23. The number of amides is 3. The fourth-order valence-electron chi connectivity index (χ4n) is 3.65. The van der Waals surface area contributed by atoms with Crippen molar-refractivity contribution in [2.75, 3.05) is 17.7 Å². The molecular weight excluding hydrogens is 474 g/mol. The standard InChI is InChI=1S/C27H27N5O3S/c1-17-9-14-22(18(2)15-17)28-26(34)29-23(16-19-7-5-4-6-8-19)24(33)30-27-32-31-25(36-27)20-10-12-21(35-3)13-11-20/h4-15,23H,16H2,1-3H3,(H2,28,29,34)(H,30,32,33). The third-order valence-electron chi connectivity index (χ3n) is 5.53. The topological polar surface area (TPSA) is 105 Å². The van der Waals surface area contributed by atoms with E-state index in [0.717, 1.165) is 28.0 Å². The highest BCUT2D eigenvalue weighted by molar-refractivity contribution is 7.18. The number of hydrogen-bond acceptors (Lipinski definition) is 6. The van der Waals surface area contributed by atoms with Gasteiger partial charge >= 0.3 is 6.03 Å². The summed E-state index contributed by atoms with van der Waals surface area (Å²) in [6.45, 7) is 3.91. The molecule has 184 valence electrons. The first-order chi connectivity index (χ1) is 17.4. The van der Waals surface area contributed by atoms with Crippen molar-refractivity contribution in [3.8, 4) is 16.3 Å². The van der Waals surface area contributed by atoms with E-state index in [1.54, 1.807) is 7.11 Å². The molecule has 9 heteroatoms. The molecule has 1 atom stereocenters. The van der Waals surface area contributed by atoms with Crippen molar-refractivity contribution >= 4 is 34.1 Å². The van der Waals surface area contributed by atoms with E-state index in [9.17, 15) is 9.59 Å². The molecule has 0 aliphatic rings. The van der Waals surface area contributed by atoms with Crippen LogP contribution in [0, 0.1) is 13.8 Å². The Bertz CT molecular complexity index is 1340. The summed E-state index contributed by atoms with van der Waals surface area (Å²) in [5.41, 5.74) is 4.51. The zero-order chi connectivity index (χ0) is 25.5. The van der Waals surface area contributed by atoms with Gasteiger partial charge in [0.25, 0.3) is 0 Å². The van der Waals surface area contributed by atoms with Crippen molar-refractivity contribution < 1.29 is 14.3 Å². The normalized spacial score (nSPS) is 11.4. The molecule has 0 radical (unpaired) electrons. The molecule has 1 heterocycles. The molecule has 4 rings (SSSR count). The molecule has 0 aliphatic carbocycles. The van der Waals surface area contributed by atoms with Gasteiger partial charge in [0.2, 0.25) is 11.0 Å². The second-order valence-corrected chi connectivity index (χ2v) is 9.27. The number of nitrogens with zero attached hydrogens (tertiary/aromatic N) is 2. The Labute approximate surface area is 213 Å². The number of ether oxygens (including phenoxy) is 1. The lowest BCUT2D eigenvalue weighted by Gasteiger charge is -2.19. The molecule has 3 N–H and O–H groups in total. The Kier molecular flexibility index (Phi) is 7.92. The summed E-state index contributed by atoms with van der Waals surface area (Å²) < 4.78 is 5.19. The maximum absolute atomic E-state index is 13.2. The number of aromatic nitrogens is 2. The largest absolute Gasteiger partial charge is 0.497 e. The number of nitrogens with one attached hydrogen (secondary N) is 3. The number of benzene rings is 3. The van der Waals surface area contributed by atoms with Crippen LogP contribution in [0.5, 0.6) is 5.75 Å². The number of urea groups is 1. The molecule has 0 fully saturated rings. The number of rotatable bonds is 8. The van der Waals surface area contributed by atoms with E-state index in [1.165, 1.54) is 11.3 Å². The minimum absolute atomic E-state index is 0.317. The minimum atomic E-state index is -0.827. The van der Waals surface area contributed by atoms with Crippen LogP contribution in [0.15, 0.2) is 72.8 Å². The average molecular weight is 502 g/mol. The number of methoxy groups -OCH3 is 1. The van der Waals surface area contributed by atoms with Gasteiger partial charge in [-0.1, -0.05) is 59.4 Å². The molecule has 1 unspecified atom stereocenters. The van der Waals surface area contributed by atoms with Gasteiger partial charge < -0.3 is 15.4 Å². The molecule has 0 bridgehead atoms. The number of aryl methyl sites for hydroxylation is 2. The highest BCUT2D eigenvalue weighted by atomic mass is 32.1. The Morgan fingerprint density at radius 3 is 2.39 bits per heavy atom. The molecule has 0 saturated carbocycles. The Morgan fingerprint density at radius 2 is 1.69 bits per heavy atom. The van der Waals surface area contributed by atoms with Crippen LogP contribution < -0.4 is 20.7 Å². The van der Waals surface area contributed by atoms with E-state index in [2.05, 4.69) is 26.1 Å². The summed E-state index contributed by atoms with van der Waals surface area (Å²) in [6.07, 6.45) is 0.317. The van der Waals surface area contributed by atoms with Crippen molar-refractivity contribution in [1.82, 2.24) is 15.5 Å². The minimum Gasteiger partial charge on any atom is -0.497 e. The van der Waals surface area contributed by atoms with Crippen molar-refractivity contribution in [1.29, 1.82) is 0 Å². The van der Waals surface area contributed by atoms with Crippen LogP contribution in [-0.2, 0) is 11.2 Å². The van der Waals surface area contributed by atoms with E-state index in [4.69, 9.17) is 4.74 Å². The predicted octanol–water partition coefficient (Wildman–Crippen LogP) is 5.20. The molecule has 3 aromatic carbocycles. The lowest BCUT2D eigenvalue weighted by molar-refractivity contribution is -0.117. The summed E-state index contributed by atoms with van der Waals surface area (Å²) in [5, 5.41) is 17.8. The first-order valence-electron chi connectivity index (χ1n) is 11.4. The van der Waals surface area contributed by atoms with E-state index in [-0.39, 0.29) is 5.91 Å². The van der Waals surface area contributed by atoms with Crippen LogP contribution in [0.25, 0.3) is 10.6 Å². The molecule has 0 spiro atoms. The number of carbonyl (C=O) groups is 2. The quantitative estimate of drug-likeness (QED) is 0.308. The third kappa shape index (κ3) is 6.45. The van der Waals surface area contributed by atoms with Crippen LogP contribution in [0.4, 0.5) is 15.6 Å². The van der Waals surface area contributed by atoms with Gasteiger partial charge in [0.15, 0.2) is 0 Å². The summed E-state index contributed by atoms with van der Waals surface area (Å²) in [7, 11) is 1.61. The lowest BCUT2D eigenvalue weighted by atomic mass is 10.1. The number of anilines is 2. The zero-order valence-corrected chi connectivity index (χ0v) is 21.1. The summed E-state index contributed by atoms with van der Waals surface area (Å²) in [5.74, 6) is 0.359. The van der Waals surface area contributed by atoms with Crippen molar-refractivity contribution in [3.63, 3.8) is 0 Å². The molecule has 4 aromatic rings. The van der Waals surface area contributed by atoms with E-state index in [0.29, 0.717) is 22.2 Å². The van der Waals surface area contributed by atoms with Crippen molar-refractivity contribution in [2.24, 2.45) is 0 Å². The summed E-state index contributed by atoms with van der Waals surface area (Å²) in [6, 6.07) is 21.4. The number of carbonyl (C=O) groups excluding carboxylic acids is 2. The molecule has 36 heavy (non-hydrogen) atoms. The summed E-state index contributed by atoms with van der Waals surface area (Å²) in [4.78, 5) is 26.0. The fourth-order valence-corrected chi connectivity index (χ4v) is 4.40. The van der Waals surface area contributed by atoms with Gasteiger partial charge in [-0.2, -0.15) is 0 Å². The molecule has 0 aliphatic heterocycles. The SMILES string of the molecule is COc1ccc(-c2nnc(NC(=O)C(Cc3ccccc3)NC(=O)Nc3ccc(C)cc3C)s2)cc1. The second kappa shape index (κ2) is 11.5. The lowest BCUT2D eigenvalue weighted by Crippen LogP contribution is -2.47. The Balaban J connectivity index is 1.47. The Morgan fingerprint density at radius 1 is 0.944 bits per heavy atom. The monoisotopic (exact) mass is 501 g/mol. The Hall–Kier alpha value is -4.24. The second-order valence-electron chi connectivity index (χ2n) is 8.29. The van der Waals surface area contributed by atoms with Gasteiger partial charge in [-0.25, -0.2) is 4.79 Å². The van der Waals surface area contributed by atoms with Gasteiger partial charge in [-0.05, 0) is 55.3 Å². The van der Waals surface area contributed by atoms with Crippen LogP contribution in [-0.4, -0.2) is 35.3 Å². The average Bonchev–Trinajstić information content (AvgIpc) is 3.34. The van der Waals surface area contributed by atoms with E-state index in [1.807, 2.05) is 86.6 Å². The van der Waals surface area contributed by atoms with Crippen LogP contribution in [0.2, 0.25) is 0 Å². The van der Waals surface area contributed by atoms with E-state index < -0.39 is 12.1 Å². The molecule has 1 aromatic heterocycles. The third-order valence-corrected chi connectivity index (χ3v) is 6.41. The molecule has 3 amide bonds. The first-order valence-corrected chi connectivity index (χ1v) is 12.2. The maximum Gasteiger partial charge on any atom is 0.319 e. The predicted molar refractivity (Wildman–Crippen MR) is 143 cm³/mol.